The third-order valence-corrected chi connectivity index (χ3v) is 5.47. The molecule has 2 unspecified atom stereocenters. The van der Waals surface area contributed by atoms with Gasteiger partial charge in [-0.15, -0.1) is 0 Å². The minimum absolute atomic E-state index is 0.00409. The highest BCUT2D eigenvalue weighted by molar-refractivity contribution is 5.77. The number of nitrogens with one attached hydrogen (secondary N) is 1. The number of nitrogens with zero attached hydrogens (tertiary/aromatic N) is 1. The van der Waals surface area contributed by atoms with Gasteiger partial charge in [0.1, 0.15) is 0 Å². The van der Waals surface area contributed by atoms with Crippen LogP contribution in [0.2, 0.25) is 0 Å². The first-order chi connectivity index (χ1) is 10.2. The monoisotopic (exact) mass is 310 g/mol. The first kappa shape index (κ1) is 17.7. The van der Waals surface area contributed by atoms with E-state index in [1.807, 2.05) is 0 Å². The number of carbonyl (C=O) groups excluding carboxylic acids is 1. The van der Waals surface area contributed by atoms with Gasteiger partial charge in [-0.3, -0.25) is 9.69 Å². The summed E-state index contributed by atoms with van der Waals surface area (Å²) < 4.78 is 0. The maximum Gasteiger partial charge on any atom is 0.222 e. The zero-order valence-electron chi connectivity index (χ0n) is 14.8. The zero-order valence-corrected chi connectivity index (χ0v) is 14.8. The van der Waals surface area contributed by atoms with Crippen molar-refractivity contribution < 1.29 is 9.90 Å². The molecule has 22 heavy (non-hydrogen) atoms. The molecule has 4 heteroatoms. The van der Waals surface area contributed by atoms with Gasteiger partial charge in [-0.05, 0) is 44.9 Å². The Kier molecular flexibility index (Phi) is 5.54. The van der Waals surface area contributed by atoms with Crippen LogP contribution in [0.3, 0.4) is 0 Å². The lowest BCUT2D eigenvalue weighted by Crippen LogP contribution is -2.56. The van der Waals surface area contributed by atoms with Gasteiger partial charge in [0.05, 0.1) is 12.0 Å². The molecule has 0 bridgehead atoms. The molecule has 0 aromatic heterocycles. The molecule has 2 atom stereocenters. The fourth-order valence-corrected chi connectivity index (χ4v) is 4.16. The quantitative estimate of drug-likeness (QED) is 0.820. The van der Waals surface area contributed by atoms with Crippen LogP contribution in [-0.4, -0.2) is 46.7 Å². The zero-order chi connectivity index (χ0) is 16.4. The van der Waals surface area contributed by atoms with Crippen molar-refractivity contribution in [2.75, 3.05) is 19.6 Å². The van der Waals surface area contributed by atoms with E-state index < -0.39 is 5.60 Å². The van der Waals surface area contributed by atoms with Crippen LogP contribution in [0, 0.1) is 11.8 Å². The number of aliphatic hydroxyl groups is 1. The highest BCUT2D eigenvalue weighted by Gasteiger charge is 2.35. The van der Waals surface area contributed by atoms with Crippen LogP contribution in [0.1, 0.15) is 66.2 Å². The molecule has 0 aromatic rings. The highest BCUT2D eigenvalue weighted by atomic mass is 16.3. The van der Waals surface area contributed by atoms with E-state index in [0.717, 1.165) is 50.6 Å². The summed E-state index contributed by atoms with van der Waals surface area (Å²) in [4.78, 5) is 14.7. The van der Waals surface area contributed by atoms with Crippen molar-refractivity contribution in [2.24, 2.45) is 11.8 Å². The average Bonchev–Trinajstić information content (AvgIpc) is 2.82. The number of likely N-dealkylation sites (tertiary alicyclic amines) is 1. The van der Waals surface area contributed by atoms with Gasteiger partial charge >= 0.3 is 0 Å². The van der Waals surface area contributed by atoms with Crippen molar-refractivity contribution in [3.05, 3.63) is 0 Å². The standard InChI is InChI=1S/C18H34N2O2/c1-14-9-15(2)12-20(11-14)17(3,4)13-19-16(21)10-18(22)7-5-6-8-18/h14-15,22H,5-13H2,1-4H3,(H,19,21). The van der Waals surface area contributed by atoms with E-state index in [2.05, 4.69) is 37.9 Å². The molecule has 1 aliphatic carbocycles. The van der Waals surface area contributed by atoms with Gasteiger partial charge in [0, 0.05) is 25.2 Å². The molecule has 0 aromatic carbocycles. The van der Waals surface area contributed by atoms with Crippen molar-refractivity contribution in [2.45, 2.75) is 77.4 Å². The van der Waals surface area contributed by atoms with E-state index in [1.54, 1.807) is 0 Å². The third-order valence-electron chi connectivity index (χ3n) is 5.47. The Morgan fingerprint density at radius 3 is 2.32 bits per heavy atom. The first-order valence-electron chi connectivity index (χ1n) is 8.94. The van der Waals surface area contributed by atoms with E-state index in [0.29, 0.717) is 6.54 Å². The molecule has 0 radical (unpaired) electrons. The molecule has 128 valence electrons. The molecule has 0 spiro atoms. The van der Waals surface area contributed by atoms with Crippen molar-refractivity contribution in [1.29, 1.82) is 0 Å². The largest absolute Gasteiger partial charge is 0.389 e. The molecule has 4 nitrogen and oxygen atoms in total. The third kappa shape index (κ3) is 4.69. The lowest BCUT2D eigenvalue weighted by atomic mass is 9.88. The van der Waals surface area contributed by atoms with E-state index in [1.165, 1.54) is 6.42 Å². The summed E-state index contributed by atoms with van der Waals surface area (Å²) >= 11 is 0. The van der Waals surface area contributed by atoms with Gasteiger partial charge in [0.2, 0.25) is 5.91 Å². The number of hydrogen-bond donors (Lipinski definition) is 2. The minimum Gasteiger partial charge on any atom is -0.389 e. The Morgan fingerprint density at radius 2 is 1.77 bits per heavy atom. The SMILES string of the molecule is CC1CC(C)CN(C(C)(C)CNC(=O)CC2(O)CCCC2)C1. The Morgan fingerprint density at radius 1 is 1.23 bits per heavy atom. The van der Waals surface area contributed by atoms with Crippen LogP contribution in [0.15, 0.2) is 0 Å². The lowest BCUT2D eigenvalue weighted by Gasteiger charge is -2.45. The minimum atomic E-state index is -0.748. The fourth-order valence-electron chi connectivity index (χ4n) is 4.16. The van der Waals surface area contributed by atoms with Crippen LogP contribution in [0.25, 0.3) is 0 Å². The molecule has 1 amide bonds. The summed E-state index contributed by atoms with van der Waals surface area (Å²) in [5.74, 6) is 1.44. The molecular formula is C18H34N2O2. The predicted octanol–water partition coefficient (Wildman–Crippen LogP) is 2.55. The van der Waals surface area contributed by atoms with E-state index in [-0.39, 0.29) is 17.9 Å². The lowest BCUT2D eigenvalue weighted by molar-refractivity contribution is -0.126. The Labute approximate surface area is 135 Å². The summed E-state index contributed by atoms with van der Waals surface area (Å²) in [6.07, 6.45) is 5.18. The summed E-state index contributed by atoms with van der Waals surface area (Å²) in [6, 6.07) is 0. The molecule has 2 fully saturated rings. The van der Waals surface area contributed by atoms with E-state index in [4.69, 9.17) is 0 Å². The van der Waals surface area contributed by atoms with Crippen molar-refractivity contribution in [3.63, 3.8) is 0 Å². The van der Waals surface area contributed by atoms with Gasteiger partial charge < -0.3 is 10.4 Å². The maximum atomic E-state index is 12.2. The summed E-state index contributed by atoms with van der Waals surface area (Å²) in [6.45, 7) is 11.9. The Balaban J connectivity index is 1.82. The van der Waals surface area contributed by atoms with Crippen molar-refractivity contribution >= 4 is 5.91 Å². The topological polar surface area (TPSA) is 52.6 Å². The number of amides is 1. The second-order valence-electron chi connectivity index (χ2n) is 8.55. The summed E-state index contributed by atoms with van der Waals surface area (Å²) in [5.41, 5.74) is -0.778. The number of carbonyl (C=O) groups is 1. The van der Waals surface area contributed by atoms with Crippen LogP contribution in [0.4, 0.5) is 0 Å². The normalized spacial score (nSPS) is 29.5. The second kappa shape index (κ2) is 6.88. The molecular weight excluding hydrogens is 276 g/mol. The molecule has 2 N–H and O–H groups in total. The van der Waals surface area contributed by atoms with Crippen LogP contribution in [-0.2, 0) is 4.79 Å². The molecule has 1 aliphatic heterocycles. The molecule has 1 heterocycles. The fraction of sp³-hybridized carbons (Fsp3) is 0.944. The summed E-state index contributed by atoms with van der Waals surface area (Å²) in [5, 5.41) is 13.4. The molecule has 1 saturated carbocycles. The first-order valence-corrected chi connectivity index (χ1v) is 8.94. The van der Waals surface area contributed by atoms with Crippen molar-refractivity contribution in [1.82, 2.24) is 10.2 Å². The Hall–Kier alpha value is -0.610. The van der Waals surface area contributed by atoms with Gasteiger partial charge in [-0.1, -0.05) is 26.7 Å². The highest BCUT2D eigenvalue weighted by Crippen LogP contribution is 2.32. The number of hydrogen-bond acceptors (Lipinski definition) is 3. The van der Waals surface area contributed by atoms with Gasteiger partial charge in [-0.25, -0.2) is 0 Å². The van der Waals surface area contributed by atoms with Crippen LogP contribution in [0.5, 0.6) is 0 Å². The van der Waals surface area contributed by atoms with Crippen LogP contribution >= 0.6 is 0 Å². The summed E-state index contributed by atoms with van der Waals surface area (Å²) in [7, 11) is 0. The van der Waals surface area contributed by atoms with E-state index in [9.17, 15) is 9.90 Å². The smallest absolute Gasteiger partial charge is 0.222 e. The average molecular weight is 310 g/mol. The van der Waals surface area contributed by atoms with Crippen molar-refractivity contribution in [3.8, 4) is 0 Å². The van der Waals surface area contributed by atoms with Crippen LogP contribution < -0.4 is 5.32 Å². The molecule has 2 rings (SSSR count). The predicted molar refractivity (Wildman–Crippen MR) is 89.6 cm³/mol. The number of rotatable bonds is 5. The molecule has 2 aliphatic rings. The second-order valence-corrected chi connectivity index (χ2v) is 8.55. The maximum absolute atomic E-state index is 12.2. The Bertz CT molecular complexity index is 379. The van der Waals surface area contributed by atoms with Gasteiger partial charge in [0.25, 0.3) is 0 Å². The van der Waals surface area contributed by atoms with Gasteiger partial charge in [-0.2, -0.15) is 0 Å². The van der Waals surface area contributed by atoms with Gasteiger partial charge in [0.15, 0.2) is 0 Å². The molecule has 1 saturated heterocycles. The van der Waals surface area contributed by atoms with E-state index >= 15 is 0 Å². The number of piperidine rings is 1.